The SMILES string of the molecule is COc1ccc(N=Cc2cc(C)n(-c3ccc(I)cc3)c2C)cc1. The minimum Gasteiger partial charge on any atom is -0.497 e. The Balaban J connectivity index is 1.90. The predicted octanol–water partition coefficient (Wildman–Crippen LogP) is 5.46. The van der Waals surface area contributed by atoms with E-state index in [0.29, 0.717) is 0 Å². The highest BCUT2D eigenvalue weighted by atomic mass is 127. The molecular weight excluding hydrogens is 411 g/mol. The van der Waals surface area contributed by atoms with Gasteiger partial charge in [-0.3, -0.25) is 4.99 Å². The Morgan fingerprint density at radius 2 is 1.67 bits per heavy atom. The normalized spacial score (nSPS) is 11.2. The van der Waals surface area contributed by atoms with Crippen LogP contribution in [0, 0.1) is 17.4 Å². The Labute approximate surface area is 156 Å². The lowest BCUT2D eigenvalue weighted by atomic mass is 10.2. The summed E-state index contributed by atoms with van der Waals surface area (Å²) >= 11 is 2.32. The molecule has 0 fully saturated rings. The van der Waals surface area contributed by atoms with E-state index < -0.39 is 0 Å². The van der Waals surface area contributed by atoms with Crippen molar-refractivity contribution in [2.75, 3.05) is 7.11 Å². The van der Waals surface area contributed by atoms with Crippen molar-refractivity contribution < 1.29 is 4.74 Å². The van der Waals surface area contributed by atoms with Crippen LogP contribution in [-0.4, -0.2) is 17.9 Å². The number of ether oxygens (including phenoxy) is 1. The maximum absolute atomic E-state index is 5.17. The summed E-state index contributed by atoms with van der Waals surface area (Å²) in [5, 5.41) is 0. The van der Waals surface area contributed by atoms with Gasteiger partial charge in [-0.25, -0.2) is 0 Å². The van der Waals surface area contributed by atoms with E-state index in [-0.39, 0.29) is 0 Å². The fourth-order valence-electron chi connectivity index (χ4n) is 2.72. The number of aliphatic imine (C=N–C) groups is 1. The molecule has 0 radical (unpaired) electrons. The molecule has 0 saturated heterocycles. The van der Waals surface area contributed by atoms with Crippen LogP contribution in [0.15, 0.2) is 59.6 Å². The fraction of sp³-hybridized carbons (Fsp3) is 0.150. The third-order valence-electron chi connectivity index (χ3n) is 3.98. The fourth-order valence-corrected chi connectivity index (χ4v) is 3.08. The second-order valence-electron chi connectivity index (χ2n) is 5.59. The van der Waals surface area contributed by atoms with Crippen molar-refractivity contribution in [3.8, 4) is 11.4 Å². The van der Waals surface area contributed by atoms with E-state index in [2.05, 4.69) is 76.3 Å². The highest BCUT2D eigenvalue weighted by Crippen LogP contribution is 2.22. The molecule has 0 atom stereocenters. The van der Waals surface area contributed by atoms with Gasteiger partial charge in [-0.1, -0.05) is 0 Å². The summed E-state index contributed by atoms with van der Waals surface area (Å²) in [6.07, 6.45) is 1.92. The molecule has 3 nitrogen and oxygen atoms in total. The highest BCUT2D eigenvalue weighted by molar-refractivity contribution is 14.1. The van der Waals surface area contributed by atoms with Gasteiger partial charge in [0.1, 0.15) is 5.75 Å². The summed E-state index contributed by atoms with van der Waals surface area (Å²) in [5.74, 6) is 0.839. The lowest BCUT2D eigenvalue weighted by molar-refractivity contribution is 0.415. The number of halogens is 1. The van der Waals surface area contributed by atoms with Crippen molar-refractivity contribution in [1.29, 1.82) is 0 Å². The van der Waals surface area contributed by atoms with Crippen molar-refractivity contribution in [1.82, 2.24) is 4.57 Å². The molecule has 0 aliphatic carbocycles. The summed E-state index contributed by atoms with van der Waals surface area (Å²) < 4.78 is 8.66. The van der Waals surface area contributed by atoms with Crippen LogP contribution in [0.1, 0.15) is 17.0 Å². The van der Waals surface area contributed by atoms with Crippen LogP contribution in [0.3, 0.4) is 0 Å². The van der Waals surface area contributed by atoms with Crippen molar-refractivity contribution in [2.24, 2.45) is 4.99 Å². The average molecular weight is 430 g/mol. The Hall–Kier alpha value is -2.08. The van der Waals surface area contributed by atoms with Gasteiger partial charge in [0, 0.05) is 32.4 Å². The van der Waals surface area contributed by atoms with Crippen molar-refractivity contribution in [2.45, 2.75) is 13.8 Å². The van der Waals surface area contributed by atoms with Gasteiger partial charge >= 0.3 is 0 Å². The van der Waals surface area contributed by atoms with Crippen LogP contribution in [0.25, 0.3) is 5.69 Å². The van der Waals surface area contributed by atoms with Crippen molar-refractivity contribution in [3.05, 3.63) is 75.1 Å². The van der Waals surface area contributed by atoms with E-state index in [9.17, 15) is 0 Å². The molecule has 24 heavy (non-hydrogen) atoms. The largest absolute Gasteiger partial charge is 0.497 e. The topological polar surface area (TPSA) is 26.5 Å². The standard InChI is InChI=1S/C20H19IN2O/c1-14-12-16(13-22-18-6-10-20(24-3)11-7-18)15(2)23(14)19-8-4-17(21)5-9-19/h4-13H,1-3H3. The Kier molecular flexibility index (Phi) is 5.04. The van der Waals surface area contributed by atoms with Gasteiger partial charge in [-0.15, -0.1) is 0 Å². The first-order valence-corrected chi connectivity index (χ1v) is 8.79. The lowest BCUT2D eigenvalue weighted by Crippen LogP contribution is -1.99. The predicted molar refractivity (Wildman–Crippen MR) is 108 cm³/mol. The molecule has 0 aliphatic heterocycles. The van der Waals surface area contributed by atoms with Gasteiger partial charge in [-0.05, 0) is 91.0 Å². The van der Waals surface area contributed by atoms with E-state index >= 15 is 0 Å². The lowest BCUT2D eigenvalue weighted by Gasteiger charge is -2.09. The maximum atomic E-state index is 5.17. The number of methoxy groups -OCH3 is 1. The third-order valence-corrected chi connectivity index (χ3v) is 4.70. The first-order chi connectivity index (χ1) is 11.6. The van der Waals surface area contributed by atoms with Gasteiger partial charge in [0.25, 0.3) is 0 Å². The zero-order valence-electron chi connectivity index (χ0n) is 14.0. The van der Waals surface area contributed by atoms with Crippen molar-refractivity contribution >= 4 is 34.5 Å². The number of aromatic nitrogens is 1. The van der Waals surface area contributed by atoms with E-state index in [1.54, 1.807) is 7.11 Å². The van der Waals surface area contributed by atoms with E-state index in [1.165, 1.54) is 20.6 Å². The number of nitrogens with zero attached hydrogens (tertiary/aromatic N) is 2. The van der Waals surface area contributed by atoms with Gasteiger partial charge in [0.2, 0.25) is 0 Å². The minimum atomic E-state index is 0.839. The van der Waals surface area contributed by atoms with E-state index in [0.717, 1.165) is 17.0 Å². The quantitative estimate of drug-likeness (QED) is 0.399. The number of hydrogen-bond donors (Lipinski definition) is 0. The van der Waals surface area contributed by atoms with Crippen LogP contribution in [-0.2, 0) is 0 Å². The van der Waals surface area contributed by atoms with Gasteiger partial charge in [-0.2, -0.15) is 0 Å². The molecule has 122 valence electrons. The monoisotopic (exact) mass is 430 g/mol. The molecule has 0 spiro atoms. The second-order valence-corrected chi connectivity index (χ2v) is 6.84. The minimum absolute atomic E-state index is 0.839. The van der Waals surface area contributed by atoms with Crippen LogP contribution in [0.5, 0.6) is 5.75 Å². The molecule has 4 heteroatoms. The summed E-state index contributed by atoms with van der Waals surface area (Å²) in [6.45, 7) is 4.25. The van der Waals surface area contributed by atoms with E-state index in [4.69, 9.17) is 4.74 Å². The molecular formula is C20H19IN2O. The molecule has 0 amide bonds. The van der Waals surface area contributed by atoms with E-state index in [1.807, 2.05) is 30.5 Å². The Morgan fingerprint density at radius 1 is 1.00 bits per heavy atom. The zero-order chi connectivity index (χ0) is 17.1. The van der Waals surface area contributed by atoms with Crippen LogP contribution in [0.4, 0.5) is 5.69 Å². The highest BCUT2D eigenvalue weighted by Gasteiger charge is 2.09. The molecule has 0 saturated carbocycles. The molecule has 0 unspecified atom stereocenters. The molecule has 0 aliphatic rings. The number of aryl methyl sites for hydroxylation is 1. The smallest absolute Gasteiger partial charge is 0.119 e. The first-order valence-electron chi connectivity index (χ1n) is 7.71. The molecule has 1 aromatic heterocycles. The number of hydrogen-bond acceptors (Lipinski definition) is 2. The number of benzene rings is 2. The maximum Gasteiger partial charge on any atom is 0.119 e. The van der Waals surface area contributed by atoms with Crippen LogP contribution in [0.2, 0.25) is 0 Å². The molecule has 1 heterocycles. The molecule has 3 aromatic rings. The van der Waals surface area contributed by atoms with Gasteiger partial charge in [0.05, 0.1) is 12.8 Å². The Morgan fingerprint density at radius 3 is 2.29 bits per heavy atom. The molecule has 3 rings (SSSR count). The average Bonchev–Trinajstić information content (AvgIpc) is 2.88. The zero-order valence-corrected chi connectivity index (χ0v) is 16.1. The van der Waals surface area contributed by atoms with Gasteiger partial charge in [0.15, 0.2) is 0 Å². The summed E-state index contributed by atoms with van der Waals surface area (Å²) in [6, 6.07) is 18.4. The molecule has 2 aromatic carbocycles. The number of rotatable bonds is 4. The van der Waals surface area contributed by atoms with Crippen molar-refractivity contribution in [3.63, 3.8) is 0 Å². The third kappa shape index (κ3) is 3.53. The van der Waals surface area contributed by atoms with Crippen LogP contribution >= 0.6 is 22.6 Å². The summed E-state index contributed by atoms with van der Waals surface area (Å²) in [5.41, 5.74) is 5.60. The molecule has 0 N–H and O–H groups in total. The summed E-state index contributed by atoms with van der Waals surface area (Å²) in [7, 11) is 1.66. The summed E-state index contributed by atoms with van der Waals surface area (Å²) in [4.78, 5) is 4.58. The van der Waals surface area contributed by atoms with Crippen LogP contribution < -0.4 is 4.74 Å². The molecule has 0 bridgehead atoms. The second kappa shape index (κ2) is 7.21. The first kappa shape index (κ1) is 16.8. The Bertz CT molecular complexity index is 862. The van der Waals surface area contributed by atoms with Gasteiger partial charge < -0.3 is 9.30 Å².